The number of ether oxygens (including phenoxy) is 1. The number of anilines is 1. The summed E-state index contributed by atoms with van der Waals surface area (Å²) in [4.78, 5) is 46.0. The van der Waals surface area contributed by atoms with Crippen molar-refractivity contribution in [2.24, 2.45) is 0 Å². The van der Waals surface area contributed by atoms with Gasteiger partial charge in [0.15, 0.2) is 12.4 Å². The summed E-state index contributed by atoms with van der Waals surface area (Å²) in [5, 5.41) is 0.566. The van der Waals surface area contributed by atoms with Crippen LogP contribution in [0.3, 0.4) is 0 Å². The molecule has 3 heterocycles. The first-order valence-electron chi connectivity index (χ1n) is 9.41. The molecule has 1 aliphatic heterocycles. The molecule has 1 unspecified atom stereocenters. The highest BCUT2D eigenvalue weighted by Gasteiger charge is 2.27. The Morgan fingerprint density at radius 1 is 1.31 bits per heavy atom. The number of nitrogens with zero attached hydrogens (tertiary/aromatic N) is 3. The van der Waals surface area contributed by atoms with Gasteiger partial charge in [0.1, 0.15) is 10.6 Å². The molecule has 0 saturated heterocycles. The molecule has 8 heteroatoms. The van der Waals surface area contributed by atoms with E-state index in [1.54, 1.807) is 30.0 Å². The summed E-state index contributed by atoms with van der Waals surface area (Å²) in [7, 11) is 0. The van der Waals surface area contributed by atoms with Gasteiger partial charge in [0.05, 0.1) is 23.4 Å². The van der Waals surface area contributed by atoms with Crippen LogP contribution in [0.2, 0.25) is 0 Å². The molecule has 0 fully saturated rings. The zero-order valence-corrected chi connectivity index (χ0v) is 17.5. The largest absolute Gasteiger partial charge is 0.482 e. The number of amides is 1. The molecule has 1 aliphatic rings. The normalized spacial score (nSPS) is 14.6. The minimum absolute atomic E-state index is 0.00891. The first kappa shape index (κ1) is 19.3. The first-order valence-corrected chi connectivity index (χ1v) is 10.2. The molecule has 2 aromatic heterocycles. The maximum atomic E-state index is 13.2. The van der Waals surface area contributed by atoms with Gasteiger partial charge in [0.2, 0.25) is 0 Å². The summed E-state index contributed by atoms with van der Waals surface area (Å²) in [5.41, 5.74) is 1.68. The molecule has 150 valence electrons. The number of benzene rings is 1. The Labute approximate surface area is 171 Å². The van der Waals surface area contributed by atoms with E-state index in [1.807, 2.05) is 20.8 Å². The molecule has 1 atom stereocenters. The summed E-state index contributed by atoms with van der Waals surface area (Å²) in [6.45, 7) is 7.88. The number of aryl methyl sites for hydroxylation is 2. The molecular weight excluding hydrogens is 390 g/mol. The number of ketones is 1. The van der Waals surface area contributed by atoms with E-state index in [-0.39, 0.29) is 23.9 Å². The maximum absolute atomic E-state index is 13.2. The van der Waals surface area contributed by atoms with Gasteiger partial charge in [-0.3, -0.25) is 19.0 Å². The molecule has 4 rings (SSSR count). The third-order valence-corrected chi connectivity index (χ3v) is 6.53. The van der Waals surface area contributed by atoms with Crippen LogP contribution in [0.15, 0.2) is 29.3 Å². The van der Waals surface area contributed by atoms with E-state index in [9.17, 15) is 14.4 Å². The lowest BCUT2D eigenvalue weighted by Crippen LogP contribution is -2.38. The van der Waals surface area contributed by atoms with E-state index < -0.39 is 6.04 Å². The number of hydrogen-bond donors (Lipinski definition) is 0. The lowest BCUT2D eigenvalue weighted by molar-refractivity contribution is -0.121. The van der Waals surface area contributed by atoms with Crippen molar-refractivity contribution in [3.05, 3.63) is 50.9 Å². The van der Waals surface area contributed by atoms with E-state index in [0.717, 1.165) is 10.4 Å². The van der Waals surface area contributed by atoms with Crippen LogP contribution in [0.1, 0.15) is 40.7 Å². The van der Waals surface area contributed by atoms with Gasteiger partial charge in [-0.1, -0.05) is 0 Å². The van der Waals surface area contributed by atoms with Gasteiger partial charge in [-0.05, 0) is 51.5 Å². The number of thiophene rings is 1. The Morgan fingerprint density at radius 3 is 2.79 bits per heavy atom. The summed E-state index contributed by atoms with van der Waals surface area (Å²) >= 11 is 1.48. The molecule has 1 aromatic carbocycles. The minimum Gasteiger partial charge on any atom is -0.482 e. The van der Waals surface area contributed by atoms with Crippen LogP contribution in [-0.4, -0.2) is 34.4 Å². The van der Waals surface area contributed by atoms with E-state index in [2.05, 4.69) is 4.98 Å². The van der Waals surface area contributed by atoms with E-state index in [4.69, 9.17) is 4.74 Å². The van der Waals surface area contributed by atoms with Crippen molar-refractivity contribution in [3.63, 3.8) is 0 Å². The van der Waals surface area contributed by atoms with Crippen molar-refractivity contribution >= 4 is 38.9 Å². The first-order chi connectivity index (χ1) is 13.8. The molecule has 0 radical (unpaired) electrons. The number of carbonyl (C=O) groups excluding carboxylic acids is 2. The van der Waals surface area contributed by atoms with Crippen molar-refractivity contribution < 1.29 is 14.3 Å². The fourth-order valence-corrected chi connectivity index (χ4v) is 4.58. The zero-order chi connectivity index (χ0) is 20.9. The molecule has 0 spiro atoms. The van der Waals surface area contributed by atoms with Crippen LogP contribution in [0.4, 0.5) is 5.69 Å². The smallest absolute Gasteiger partial charge is 0.265 e. The zero-order valence-electron chi connectivity index (χ0n) is 16.7. The van der Waals surface area contributed by atoms with Gasteiger partial charge in [0.25, 0.3) is 11.5 Å². The van der Waals surface area contributed by atoms with Gasteiger partial charge in [-0.2, -0.15) is 0 Å². The minimum atomic E-state index is -0.729. The number of fused-ring (bicyclic) bond motifs is 2. The highest BCUT2D eigenvalue weighted by molar-refractivity contribution is 7.18. The van der Waals surface area contributed by atoms with E-state index in [1.165, 1.54) is 22.2 Å². The molecule has 3 aromatic rings. The quantitative estimate of drug-likeness (QED) is 0.616. The summed E-state index contributed by atoms with van der Waals surface area (Å²) in [6, 6.07) is 4.29. The number of carbonyl (C=O) groups is 2. The number of rotatable bonds is 4. The summed E-state index contributed by atoms with van der Waals surface area (Å²) in [6.07, 6.45) is 1.44. The van der Waals surface area contributed by atoms with Crippen molar-refractivity contribution in [2.45, 2.75) is 33.7 Å². The van der Waals surface area contributed by atoms with Crippen molar-refractivity contribution in [2.75, 3.05) is 18.1 Å². The lowest BCUT2D eigenvalue weighted by atomic mass is 10.0. The fourth-order valence-electron chi connectivity index (χ4n) is 3.59. The molecule has 1 amide bonds. The predicted molar refractivity (Wildman–Crippen MR) is 112 cm³/mol. The number of aromatic nitrogens is 2. The van der Waals surface area contributed by atoms with Crippen LogP contribution in [0.5, 0.6) is 5.75 Å². The van der Waals surface area contributed by atoms with Gasteiger partial charge < -0.3 is 9.64 Å². The molecule has 0 N–H and O–H groups in total. The highest BCUT2D eigenvalue weighted by atomic mass is 32.1. The van der Waals surface area contributed by atoms with Crippen LogP contribution in [0, 0.1) is 13.8 Å². The van der Waals surface area contributed by atoms with Crippen molar-refractivity contribution in [1.29, 1.82) is 0 Å². The Balaban J connectivity index is 1.74. The molecule has 29 heavy (non-hydrogen) atoms. The van der Waals surface area contributed by atoms with E-state index in [0.29, 0.717) is 33.8 Å². The number of hydrogen-bond acceptors (Lipinski definition) is 6. The standard InChI is InChI=1S/C21H21N3O4S/c1-5-23-15-8-14(6-7-16(15)28-9-17(23)25)19(26)12(3)24-10-22-20-18(21(24)27)11(2)13(4)29-20/h6-8,10,12H,5,9H2,1-4H3. The van der Waals surface area contributed by atoms with E-state index >= 15 is 0 Å². The Bertz CT molecular complexity index is 1210. The Kier molecular flexibility index (Phi) is 4.74. The van der Waals surface area contributed by atoms with Crippen LogP contribution in [-0.2, 0) is 4.79 Å². The van der Waals surface area contributed by atoms with Gasteiger partial charge in [-0.15, -0.1) is 11.3 Å². The average molecular weight is 411 g/mol. The summed E-state index contributed by atoms with van der Waals surface area (Å²) < 4.78 is 6.84. The number of Topliss-reactive ketones (excluding diaryl/α,β-unsaturated/α-hetero) is 1. The van der Waals surface area contributed by atoms with Crippen LogP contribution in [0.25, 0.3) is 10.2 Å². The third kappa shape index (κ3) is 3.04. The van der Waals surface area contributed by atoms with Gasteiger partial charge in [0, 0.05) is 17.0 Å². The molecular formula is C21H21N3O4S. The number of likely N-dealkylation sites (N-methyl/N-ethyl adjacent to an activating group) is 1. The average Bonchev–Trinajstić information content (AvgIpc) is 3.01. The second-order valence-electron chi connectivity index (χ2n) is 7.07. The van der Waals surface area contributed by atoms with Crippen molar-refractivity contribution in [1.82, 2.24) is 9.55 Å². The second kappa shape index (κ2) is 7.11. The topological polar surface area (TPSA) is 81.5 Å². The SMILES string of the molecule is CCN1C(=O)COc2ccc(C(=O)C(C)n3cnc4sc(C)c(C)c4c3=O)cc21. The Morgan fingerprint density at radius 2 is 2.07 bits per heavy atom. The highest BCUT2D eigenvalue weighted by Crippen LogP contribution is 2.34. The van der Waals surface area contributed by atoms with Gasteiger partial charge in [-0.25, -0.2) is 4.98 Å². The lowest BCUT2D eigenvalue weighted by Gasteiger charge is -2.28. The second-order valence-corrected chi connectivity index (χ2v) is 8.27. The van der Waals surface area contributed by atoms with Crippen molar-refractivity contribution in [3.8, 4) is 5.75 Å². The predicted octanol–water partition coefficient (Wildman–Crippen LogP) is 3.26. The van der Waals surface area contributed by atoms with Gasteiger partial charge >= 0.3 is 0 Å². The molecule has 0 bridgehead atoms. The molecule has 0 saturated carbocycles. The monoisotopic (exact) mass is 411 g/mol. The maximum Gasteiger partial charge on any atom is 0.265 e. The molecule has 0 aliphatic carbocycles. The van der Waals surface area contributed by atoms with Crippen LogP contribution >= 0.6 is 11.3 Å². The Hall–Kier alpha value is -3.00. The fraction of sp³-hybridized carbons (Fsp3) is 0.333. The molecule has 7 nitrogen and oxygen atoms in total. The third-order valence-electron chi connectivity index (χ3n) is 5.41. The summed E-state index contributed by atoms with van der Waals surface area (Å²) in [5.74, 6) is 0.196. The van der Waals surface area contributed by atoms with Crippen LogP contribution < -0.4 is 15.2 Å².